The molecule has 2 atom stereocenters. The fourth-order valence-corrected chi connectivity index (χ4v) is 3.72. The summed E-state index contributed by atoms with van der Waals surface area (Å²) >= 11 is 1.92. The maximum atomic E-state index is 4.57. The Hall–Kier alpha value is -0.770. The van der Waals surface area contributed by atoms with Crippen LogP contribution in [0.5, 0.6) is 0 Å². The molecule has 0 bridgehead atoms. The summed E-state index contributed by atoms with van der Waals surface area (Å²) in [5.41, 5.74) is 0. The van der Waals surface area contributed by atoms with Crippen LogP contribution in [0.2, 0.25) is 0 Å². The average Bonchev–Trinajstić information content (AvgIpc) is 2.37. The summed E-state index contributed by atoms with van der Waals surface area (Å²) in [6, 6.07) is 2.03. The average molecular weight is 265 g/mol. The Morgan fingerprint density at radius 2 is 2.33 bits per heavy atom. The fourth-order valence-electron chi connectivity index (χ4n) is 2.39. The van der Waals surface area contributed by atoms with E-state index < -0.39 is 0 Å². The number of thioether (sulfide) groups is 1. The molecular weight excluding hydrogens is 242 g/mol. The van der Waals surface area contributed by atoms with E-state index in [0.717, 1.165) is 35.1 Å². The zero-order valence-corrected chi connectivity index (χ0v) is 12.2. The first-order valence-corrected chi connectivity index (χ1v) is 7.89. The molecule has 1 saturated carbocycles. The van der Waals surface area contributed by atoms with Gasteiger partial charge in [-0.1, -0.05) is 26.7 Å². The van der Waals surface area contributed by atoms with E-state index in [-0.39, 0.29) is 0 Å². The monoisotopic (exact) mass is 265 g/mol. The van der Waals surface area contributed by atoms with Gasteiger partial charge < -0.3 is 5.32 Å². The Kier molecular flexibility index (Phi) is 5.29. The van der Waals surface area contributed by atoms with E-state index in [1.807, 2.05) is 24.0 Å². The highest BCUT2D eigenvalue weighted by Crippen LogP contribution is 2.35. The highest BCUT2D eigenvalue weighted by atomic mass is 32.2. The molecule has 3 nitrogen and oxygen atoms in total. The lowest BCUT2D eigenvalue weighted by Crippen LogP contribution is -2.15. The number of nitrogens with zero attached hydrogens (tertiary/aromatic N) is 2. The van der Waals surface area contributed by atoms with Gasteiger partial charge in [0.15, 0.2) is 0 Å². The Bertz CT molecular complexity index is 370. The topological polar surface area (TPSA) is 37.8 Å². The molecule has 0 amide bonds. The van der Waals surface area contributed by atoms with Gasteiger partial charge in [-0.15, -0.1) is 11.8 Å². The molecule has 0 spiro atoms. The fraction of sp³-hybridized carbons (Fsp3) is 0.714. The molecule has 1 aliphatic rings. The normalized spacial score (nSPS) is 23.9. The van der Waals surface area contributed by atoms with E-state index in [9.17, 15) is 0 Å². The van der Waals surface area contributed by atoms with Crippen molar-refractivity contribution in [2.75, 3.05) is 11.9 Å². The molecule has 1 heterocycles. The molecule has 4 heteroatoms. The molecule has 18 heavy (non-hydrogen) atoms. The van der Waals surface area contributed by atoms with Crippen molar-refractivity contribution in [1.29, 1.82) is 0 Å². The summed E-state index contributed by atoms with van der Waals surface area (Å²) in [6.07, 6.45) is 8.37. The van der Waals surface area contributed by atoms with Crippen LogP contribution in [0, 0.1) is 5.92 Å². The second-order valence-corrected chi connectivity index (χ2v) is 6.48. The van der Waals surface area contributed by atoms with Crippen molar-refractivity contribution in [1.82, 2.24) is 9.97 Å². The van der Waals surface area contributed by atoms with Crippen LogP contribution < -0.4 is 5.32 Å². The van der Waals surface area contributed by atoms with Gasteiger partial charge in [0.2, 0.25) is 5.95 Å². The SMILES string of the molecule is CCCNc1nccc(SC2CCCC(C)C2)n1. The minimum Gasteiger partial charge on any atom is -0.354 e. The second kappa shape index (κ2) is 6.98. The van der Waals surface area contributed by atoms with Crippen LogP contribution in [-0.2, 0) is 0 Å². The molecule has 1 N–H and O–H groups in total. The molecule has 1 fully saturated rings. The molecular formula is C14H23N3S. The first-order valence-electron chi connectivity index (χ1n) is 7.01. The lowest BCUT2D eigenvalue weighted by atomic mass is 9.91. The van der Waals surface area contributed by atoms with Gasteiger partial charge >= 0.3 is 0 Å². The van der Waals surface area contributed by atoms with Gasteiger partial charge in [-0.2, -0.15) is 0 Å². The predicted octanol–water partition coefficient (Wildman–Crippen LogP) is 3.97. The van der Waals surface area contributed by atoms with Gasteiger partial charge in [-0.3, -0.25) is 0 Å². The van der Waals surface area contributed by atoms with Crippen LogP contribution in [0.25, 0.3) is 0 Å². The number of anilines is 1. The van der Waals surface area contributed by atoms with Crippen molar-refractivity contribution < 1.29 is 0 Å². The Morgan fingerprint density at radius 3 is 3.11 bits per heavy atom. The van der Waals surface area contributed by atoms with Gasteiger partial charge in [0, 0.05) is 18.0 Å². The van der Waals surface area contributed by atoms with Crippen molar-refractivity contribution >= 4 is 17.7 Å². The molecule has 2 unspecified atom stereocenters. The summed E-state index contributed by atoms with van der Waals surface area (Å²) < 4.78 is 0. The van der Waals surface area contributed by atoms with Crippen LogP contribution in [0.1, 0.15) is 46.0 Å². The lowest BCUT2D eigenvalue weighted by molar-refractivity contribution is 0.394. The van der Waals surface area contributed by atoms with Crippen LogP contribution in [0.15, 0.2) is 17.3 Å². The minimum absolute atomic E-state index is 0.739. The van der Waals surface area contributed by atoms with Crippen molar-refractivity contribution in [2.24, 2.45) is 5.92 Å². The van der Waals surface area contributed by atoms with Gasteiger partial charge in [-0.25, -0.2) is 9.97 Å². The zero-order valence-electron chi connectivity index (χ0n) is 11.4. The minimum atomic E-state index is 0.739. The molecule has 0 saturated heterocycles. The molecule has 0 aromatic carbocycles. The largest absolute Gasteiger partial charge is 0.354 e. The van der Waals surface area contributed by atoms with Crippen LogP contribution >= 0.6 is 11.8 Å². The predicted molar refractivity (Wildman–Crippen MR) is 78.1 cm³/mol. The number of nitrogens with one attached hydrogen (secondary N) is 1. The van der Waals surface area contributed by atoms with Gasteiger partial charge in [0.25, 0.3) is 0 Å². The second-order valence-electron chi connectivity index (χ2n) is 5.16. The van der Waals surface area contributed by atoms with Crippen molar-refractivity contribution in [3.05, 3.63) is 12.3 Å². The van der Waals surface area contributed by atoms with E-state index in [1.54, 1.807) is 0 Å². The van der Waals surface area contributed by atoms with Crippen LogP contribution in [0.4, 0.5) is 5.95 Å². The molecule has 1 aliphatic carbocycles. The summed E-state index contributed by atoms with van der Waals surface area (Å²) in [6.45, 7) is 5.45. The lowest BCUT2D eigenvalue weighted by Gasteiger charge is -2.25. The van der Waals surface area contributed by atoms with Crippen molar-refractivity contribution in [3.8, 4) is 0 Å². The smallest absolute Gasteiger partial charge is 0.223 e. The summed E-state index contributed by atoms with van der Waals surface area (Å²) in [5, 5.41) is 5.10. The van der Waals surface area contributed by atoms with Crippen LogP contribution in [0.3, 0.4) is 0 Å². The van der Waals surface area contributed by atoms with Crippen molar-refractivity contribution in [2.45, 2.75) is 56.2 Å². The summed E-state index contributed by atoms with van der Waals surface area (Å²) in [7, 11) is 0. The molecule has 2 rings (SSSR count). The Labute approximate surface area is 114 Å². The number of hydrogen-bond acceptors (Lipinski definition) is 4. The third-order valence-electron chi connectivity index (χ3n) is 3.34. The van der Waals surface area contributed by atoms with Gasteiger partial charge in [0.1, 0.15) is 5.03 Å². The standard InChI is InChI=1S/C14H23N3S/c1-3-8-15-14-16-9-7-13(17-14)18-12-6-4-5-11(2)10-12/h7,9,11-12H,3-6,8,10H2,1-2H3,(H,15,16,17). The van der Waals surface area contributed by atoms with Gasteiger partial charge in [0.05, 0.1) is 0 Å². The Balaban J connectivity index is 1.91. The van der Waals surface area contributed by atoms with Crippen molar-refractivity contribution in [3.63, 3.8) is 0 Å². The van der Waals surface area contributed by atoms with E-state index in [4.69, 9.17) is 0 Å². The highest BCUT2D eigenvalue weighted by molar-refractivity contribution is 7.99. The molecule has 0 radical (unpaired) electrons. The number of hydrogen-bond donors (Lipinski definition) is 1. The maximum absolute atomic E-state index is 4.57. The molecule has 1 aromatic rings. The zero-order chi connectivity index (χ0) is 12.8. The third-order valence-corrected chi connectivity index (χ3v) is 4.57. The summed E-state index contributed by atoms with van der Waals surface area (Å²) in [4.78, 5) is 8.82. The first-order chi connectivity index (χ1) is 8.78. The van der Waals surface area contributed by atoms with E-state index in [0.29, 0.717) is 0 Å². The third kappa shape index (κ3) is 4.16. The number of rotatable bonds is 5. The number of aromatic nitrogens is 2. The maximum Gasteiger partial charge on any atom is 0.223 e. The van der Waals surface area contributed by atoms with Crippen LogP contribution in [-0.4, -0.2) is 21.8 Å². The van der Waals surface area contributed by atoms with E-state index in [2.05, 4.69) is 29.1 Å². The first kappa shape index (κ1) is 13.7. The summed E-state index contributed by atoms with van der Waals surface area (Å²) in [5.74, 6) is 1.64. The quantitative estimate of drug-likeness (QED) is 0.818. The van der Waals surface area contributed by atoms with E-state index in [1.165, 1.54) is 25.7 Å². The van der Waals surface area contributed by atoms with Gasteiger partial charge in [-0.05, 0) is 31.2 Å². The Morgan fingerprint density at radius 1 is 1.44 bits per heavy atom. The molecule has 0 aliphatic heterocycles. The van der Waals surface area contributed by atoms with E-state index >= 15 is 0 Å². The molecule has 1 aromatic heterocycles. The highest BCUT2D eigenvalue weighted by Gasteiger charge is 2.20. The molecule has 100 valence electrons.